The number of thiazole rings is 1. The fourth-order valence-electron chi connectivity index (χ4n) is 1.98. The molecular formula is C17H11BrCl2N2OS2. The number of carbonyl (C=O) groups excluding carboxylic acids is 1. The number of aromatic nitrogens is 1. The first-order valence-corrected chi connectivity index (χ1v) is 10.5. The zero-order valence-corrected chi connectivity index (χ0v) is 17.4. The van der Waals surface area contributed by atoms with Crippen LogP contribution in [0.1, 0.15) is 0 Å². The van der Waals surface area contributed by atoms with E-state index in [-0.39, 0.29) is 11.7 Å². The van der Waals surface area contributed by atoms with E-state index in [9.17, 15) is 4.79 Å². The number of hydrogen-bond donors (Lipinski definition) is 1. The second kappa shape index (κ2) is 8.56. The van der Waals surface area contributed by atoms with Crippen molar-refractivity contribution >= 4 is 73.8 Å². The van der Waals surface area contributed by atoms with Gasteiger partial charge in [0.1, 0.15) is 0 Å². The van der Waals surface area contributed by atoms with Crippen LogP contribution in [0, 0.1) is 0 Å². The Kier molecular flexibility index (Phi) is 6.41. The molecule has 2 aromatic carbocycles. The van der Waals surface area contributed by atoms with E-state index in [4.69, 9.17) is 23.2 Å². The third kappa shape index (κ3) is 5.21. The van der Waals surface area contributed by atoms with Gasteiger partial charge in [0, 0.05) is 21.1 Å². The topological polar surface area (TPSA) is 42.0 Å². The second-order valence-corrected chi connectivity index (χ2v) is 8.78. The lowest BCUT2D eigenvalue weighted by atomic mass is 10.2. The standard InChI is InChI=1S/C17H11BrCl2N2OS2/c18-11-3-1-10(2-4-11)15-8-24-17(22-15)25-9-16(23)21-12-5-6-13(19)14(20)7-12/h1-8H,9H2,(H,21,23). The van der Waals surface area contributed by atoms with Gasteiger partial charge in [0.05, 0.1) is 21.5 Å². The van der Waals surface area contributed by atoms with Crippen LogP contribution >= 0.6 is 62.2 Å². The van der Waals surface area contributed by atoms with E-state index in [1.807, 2.05) is 29.6 Å². The van der Waals surface area contributed by atoms with E-state index >= 15 is 0 Å². The summed E-state index contributed by atoms with van der Waals surface area (Å²) in [6, 6.07) is 13.0. The molecule has 8 heteroatoms. The molecule has 0 spiro atoms. The Hall–Kier alpha value is -1.05. The van der Waals surface area contributed by atoms with Crippen LogP contribution in [0.5, 0.6) is 0 Å². The molecular weight excluding hydrogens is 463 g/mol. The average Bonchev–Trinajstić information content (AvgIpc) is 3.06. The predicted octanol–water partition coefficient (Wildman–Crippen LogP) is 6.61. The van der Waals surface area contributed by atoms with Gasteiger partial charge in [-0.2, -0.15) is 0 Å². The lowest BCUT2D eigenvalue weighted by Crippen LogP contribution is -2.13. The molecule has 128 valence electrons. The fraction of sp³-hybridized carbons (Fsp3) is 0.0588. The lowest BCUT2D eigenvalue weighted by molar-refractivity contribution is -0.113. The molecule has 3 nitrogen and oxygen atoms in total. The van der Waals surface area contributed by atoms with Gasteiger partial charge in [-0.1, -0.05) is 63.0 Å². The third-order valence-electron chi connectivity index (χ3n) is 3.15. The van der Waals surface area contributed by atoms with Crippen molar-refractivity contribution < 1.29 is 4.79 Å². The fourth-order valence-corrected chi connectivity index (χ4v) is 4.17. The minimum Gasteiger partial charge on any atom is -0.325 e. The van der Waals surface area contributed by atoms with Gasteiger partial charge in [-0.05, 0) is 30.3 Å². The Labute approximate surface area is 171 Å². The molecule has 25 heavy (non-hydrogen) atoms. The molecule has 0 aliphatic heterocycles. The number of hydrogen-bond acceptors (Lipinski definition) is 4. The number of halogens is 3. The number of benzene rings is 2. The van der Waals surface area contributed by atoms with Crippen molar-refractivity contribution in [2.24, 2.45) is 0 Å². The molecule has 0 saturated carbocycles. The molecule has 0 atom stereocenters. The van der Waals surface area contributed by atoms with Crippen molar-refractivity contribution in [2.75, 3.05) is 11.1 Å². The van der Waals surface area contributed by atoms with Gasteiger partial charge < -0.3 is 5.32 Å². The summed E-state index contributed by atoms with van der Waals surface area (Å²) in [6.07, 6.45) is 0. The van der Waals surface area contributed by atoms with Crippen molar-refractivity contribution in [3.05, 3.63) is 62.4 Å². The van der Waals surface area contributed by atoms with Crippen LogP contribution in [-0.4, -0.2) is 16.6 Å². The molecule has 1 N–H and O–H groups in total. The predicted molar refractivity (Wildman–Crippen MR) is 111 cm³/mol. The monoisotopic (exact) mass is 472 g/mol. The summed E-state index contributed by atoms with van der Waals surface area (Å²) < 4.78 is 1.88. The smallest absolute Gasteiger partial charge is 0.234 e. The molecule has 1 aromatic heterocycles. The summed E-state index contributed by atoms with van der Waals surface area (Å²) in [7, 11) is 0. The van der Waals surface area contributed by atoms with Gasteiger partial charge in [0.15, 0.2) is 4.34 Å². The van der Waals surface area contributed by atoms with Crippen LogP contribution in [0.4, 0.5) is 5.69 Å². The highest BCUT2D eigenvalue weighted by Crippen LogP contribution is 2.29. The van der Waals surface area contributed by atoms with Gasteiger partial charge in [-0.3, -0.25) is 4.79 Å². The summed E-state index contributed by atoms with van der Waals surface area (Å²) in [6.45, 7) is 0. The van der Waals surface area contributed by atoms with Gasteiger partial charge in [0.2, 0.25) is 5.91 Å². The van der Waals surface area contributed by atoms with Gasteiger partial charge in [-0.15, -0.1) is 11.3 Å². The van der Waals surface area contributed by atoms with Crippen LogP contribution < -0.4 is 5.32 Å². The van der Waals surface area contributed by atoms with Gasteiger partial charge in [0.25, 0.3) is 0 Å². The Bertz CT molecular complexity index is 900. The second-order valence-electron chi connectivity index (χ2n) is 4.97. The van der Waals surface area contributed by atoms with E-state index in [0.717, 1.165) is 20.1 Å². The van der Waals surface area contributed by atoms with Crippen LogP contribution in [0.25, 0.3) is 11.3 Å². The molecule has 0 radical (unpaired) electrons. The highest BCUT2D eigenvalue weighted by molar-refractivity contribution is 9.10. The van der Waals surface area contributed by atoms with Gasteiger partial charge >= 0.3 is 0 Å². The van der Waals surface area contributed by atoms with Crippen LogP contribution in [-0.2, 0) is 4.79 Å². The number of nitrogens with zero attached hydrogens (tertiary/aromatic N) is 1. The molecule has 0 bridgehead atoms. The summed E-state index contributed by atoms with van der Waals surface area (Å²) in [5.41, 5.74) is 2.58. The molecule has 1 amide bonds. The van der Waals surface area contributed by atoms with Crippen molar-refractivity contribution in [1.82, 2.24) is 4.98 Å². The van der Waals surface area contributed by atoms with E-state index in [2.05, 4.69) is 26.2 Å². The molecule has 0 aliphatic carbocycles. The average molecular weight is 474 g/mol. The minimum absolute atomic E-state index is 0.121. The first-order chi connectivity index (χ1) is 12.0. The maximum absolute atomic E-state index is 12.1. The number of anilines is 1. The Balaban J connectivity index is 1.57. The molecule has 3 aromatic rings. The zero-order chi connectivity index (χ0) is 17.8. The summed E-state index contributed by atoms with van der Waals surface area (Å²) >= 11 is 18.1. The molecule has 3 rings (SSSR count). The normalized spacial score (nSPS) is 10.7. The summed E-state index contributed by atoms with van der Waals surface area (Å²) in [5.74, 6) is 0.150. The maximum Gasteiger partial charge on any atom is 0.234 e. The first kappa shape index (κ1) is 18.7. The zero-order valence-electron chi connectivity index (χ0n) is 12.6. The van der Waals surface area contributed by atoms with Crippen LogP contribution in [0.2, 0.25) is 10.0 Å². The summed E-state index contributed by atoms with van der Waals surface area (Å²) in [4.78, 5) is 16.6. The molecule has 0 aliphatic rings. The van der Waals surface area contributed by atoms with Crippen LogP contribution in [0.15, 0.2) is 56.7 Å². The maximum atomic E-state index is 12.1. The lowest BCUT2D eigenvalue weighted by Gasteiger charge is -2.05. The SMILES string of the molecule is O=C(CSc1nc(-c2ccc(Br)cc2)cs1)Nc1ccc(Cl)c(Cl)c1. The number of rotatable bonds is 5. The number of carbonyl (C=O) groups is 1. The van der Waals surface area contributed by atoms with Crippen LogP contribution in [0.3, 0.4) is 0 Å². The van der Waals surface area contributed by atoms with Crippen molar-refractivity contribution in [3.8, 4) is 11.3 Å². The van der Waals surface area contributed by atoms with Crippen molar-refractivity contribution in [1.29, 1.82) is 0 Å². The highest BCUT2D eigenvalue weighted by Gasteiger charge is 2.09. The number of nitrogens with one attached hydrogen (secondary N) is 1. The third-order valence-corrected chi connectivity index (χ3v) is 6.44. The molecule has 0 fully saturated rings. The highest BCUT2D eigenvalue weighted by atomic mass is 79.9. The van der Waals surface area contributed by atoms with Crippen molar-refractivity contribution in [3.63, 3.8) is 0 Å². The quantitative estimate of drug-likeness (QED) is 0.424. The molecule has 0 saturated heterocycles. The number of amides is 1. The summed E-state index contributed by atoms with van der Waals surface area (Å²) in [5, 5.41) is 5.65. The van der Waals surface area contributed by atoms with E-state index < -0.39 is 0 Å². The molecule has 1 heterocycles. The first-order valence-electron chi connectivity index (χ1n) is 7.10. The van der Waals surface area contributed by atoms with Crippen molar-refractivity contribution in [2.45, 2.75) is 4.34 Å². The number of thioether (sulfide) groups is 1. The van der Waals surface area contributed by atoms with E-state index in [0.29, 0.717) is 15.7 Å². The Morgan fingerprint density at radius 3 is 2.64 bits per heavy atom. The largest absolute Gasteiger partial charge is 0.325 e. The Morgan fingerprint density at radius 2 is 1.92 bits per heavy atom. The van der Waals surface area contributed by atoms with E-state index in [1.54, 1.807) is 18.2 Å². The molecule has 0 unspecified atom stereocenters. The Morgan fingerprint density at radius 1 is 1.16 bits per heavy atom. The van der Waals surface area contributed by atoms with E-state index in [1.165, 1.54) is 23.1 Å². The minimum atomic E-state index is -0.121. The van der Waals surface area contributed by atoms with Gasteiger partial charge in [-0.25, -0.2) is 4.98 Å².